The molecule has 0 aliphatic carbocycles. The maximum atomic E-state index is 13.5. The van der Waals surface area contributed by atoms with Crippen LogP contribution in [0.25, 0.3) is 22.6 Å². The number of anilines is 2. The monoisotopic (exact) mass is 514 g/mol. The number of nitrogens with one attached hydrogen (secondary N) is 2. The van der Waals surface area contributed by atoms with Gasteiger partial charge in [-0.05, 0) is 30.3 Å². The molecule has 0 amide bonds. The Morgan fingerprint density at radius 1 is 0.919 bits per heavy atom. The van der Waals surface area contributed by atoms with Crippen molar-refractivity contribution in [1.82, 2.24) is 24.5 Å². The van der Waals surface area contributed by atoms with Crippen LogP contribution in [0.3, 0.4) is 0 Å². The molecule has 0 spiro atoms. The molecule has 2 aromatic carbocycles. The molecule has 0 aliphatic heterocycles. The van der Waals surface area contributed by atoms with Crippen molar-refractivity contribution in [2.24, 2.45) is 7.05 Å². The van der Waals surface area contributed by atoms with Gasteiger partial charge in [0.25, 0.3) is 5.92 Å². The molecule has 0 aliphatic rings. The third-order valence-corrected chi connectivity index (χ3v) is 5.59. The lowest BCUT2D eigenvalue weighted by molar-refractivity contribution is -0.140. The van der Waals surface area contributed by atoms with Gasteiger partial charge in [-0.25, -0.2) is 18.7 Å². The maximum absolute atomic E-state index is 13.5. The Hall–Kier alpha value is -4.48. The van der Waals surface area contributed by atoms with Crippen LogP contribution in [0, 0.1) is 0 Å². The number of hydrogen-bond acceptors (Lipinski definition) is 5. The van der Waals surface area contributed by atoms with E-state index in [1.807, 2.05) is 0 Å². The van der Waals surface area contributed by atoms with E-state index >= 15 is 0 Å². The van der Waals surface area contributed by atoms with Gasteiger partial charge >= 0.3 is 6.18 Å². The Kier molecular flexibility index (Phi) is 5.81. The standard InChI is InChI=1S/C25H19F5N6O/c1-24(26,27)14-3-5-15(6-4-14)33-23-34-18-11-16(7-8-20(18)36(23)2)37-17-9-10-31-19(12-17)22-32-13-21(35-22)25(28,29)30/h3-13H,1-2H3,(H,32,35)(H,33,34). The number of H-pyrrole nitrogens is 1. The normalized spacial score (nSPS) is 12.2. The van der Waals surface area contributed by atoms with Crippen molar-refractivity contribution >= 4 is 22.7 Å². The van der Waals surface area contributed by atoms with Crippen LogP contribution in [0.15, 0.2) is 67.0 Å². The number of aryl methyl sites for hydroxylation is 1. The second-order valence-electron chi connectivity index (χ2n) is 8.36. The van der Waals surface area contributed by atoms with E-state index in [0.717, 1.165) is 12.4 Å². The van der Waals surface area contributed by atoms with Gasteiger partial charge in [0.15, 0.2) is 5.82 Å². The van der Waals surface area contributed by atoms with Crippen LogP contribution >= 0.6 is 0 Å². The minimum atomic E-state index is -4.54. The number of halogens is 5. The van der Waals surface area contributed by atoms with Crippen LogP contribution in [0.4, 0.5) is 33.6 Å². The molecule has 0 saturated heterocycles. The minimum absolute atomic E-state index is 0.0376. The molecule has 12 heteroatoms. The molecular weight excluding hydrogens is 495 g/mol. The van der Waals surface area contributed by atoms with Gasteiger partial charge in [-0.3, -0.25) is 4.98 Å². The maximum Gasteiger partial charge on any atom is 0.432 e. The SMILES string of the molecule is Cn1c(Nc2ccc(C(C)(F)F)cc2)nc2cc(Oc3ccnc(-c4ncc(C(F)(F)F)[nH]4)c3)ccc21. The number of pyridine rings is 1. The molecule has 0 bridgehead atoms. The molecule has 0 unspecified atom stereocenters. The zero-order valence-corrected chi connectivity index (χ0v) is 19.4. The van der Waals surface area contributed by atoms with Gasteiger partial charge in [0, 0.05) is 43.6 Å². The molecule has 7 nitrogen and oxygen atoms in total. The van der Waals surface area contributed by atoms with Crippen molar-refractivity contribution in [3.63, 3.8) is 0 Å². The van der Waals surface area contributed by atoms with Gasteiger partial charge < -0.3 is 19.6 Å². The second kappa shape index (κ2) is 8.87. The van der Waals surface area contributed by atoms with Crippen LogP contribution in [0.1, 0.15) is 18.2 Å². The third kappa shape index (κ3) is 5.08. The number of hydrogen-bond donors (Lipinski definition) is 2. The summed E-state index contributed by atoms with van der Waals surface area (Å²) in [6, 6.07) is 14.1. The van der Waals surface area contributed by atoms with Gasteiger partial charge in [0.2, 0.25) is 5.95 Å². The van der Waals surface area contributed by atoms with Gasteiger partial charge in [-0.15, -0.1) is 0 Å². The highest BCUT2D eigenvalue weighted by Gasteiger charge is 2.33. The topological polar surface area (TPSA) is 80.7 Å². The van der Waals surface area contributed by atoms with Crippen molar-refractivity contribution in [3.8, 4) is 23.0 Å². The predicted molar refractivity (Wildman–Crippen MR) is 127 cm³/mol. The summed E-state index contributed by atoms with van der Waals surface area (Å²) in [5.74, 6) is -1.68. The first-order valence-corrected chi connectivity index (χ1v) is 11.0. The van der Waals surface area contributed by atoms with Crippen molar-refractivity contribution in [2.45, 2.75) is 19.0 Å². The van der Waals surface area contributed by atoms with Crippen molar-refractivity contribution in [3.05, 3.63) is 78.2 Å². The Balaban J connectivity index is 1.36. The molecule has 190 valence electrons. The Morgan fingerprint density at radius 3 is 2.32 bits per heavy atom. The number of aromatic nitrogens is 5. The number of fused-ring (bicyclic) bond motifs is 1. The lowest BCUT2D eigenvalue weighted by Crippen LogP contribution is -2.06. The van der Waals surface area contributed by atoms with Gasteiger partial charge in [0.05, 0.1) is 17.2 Å². The lowest BCUT2D eigenvalue weighted by Gasteiger charge is -2.11. The van der Waals surface area contributed by atoms with E-state index in [0.29, 0.717) is 34.8 Å². The molecule has 0 radical (unpaired) electrons. The molecule has 2 N–H and O–H groups in total. The largest absolute Gasteiger partial charge is 0.457 e. The number of aromatic amines is 1. The molecule has 0 atom stereocenters. The van der Waals surface area contributed by atoms with Crippen LogP contribution in [-0.4, -0.2) is 24.5 Å². The molecule has 5 rings (SSSR count). The number of benzene rings is 2. The number of ether oxygens (including phenoxy) is 1. The van der Waals surface area contributed by atoms with Gasteiger partial charge in [0.1, 0.15) is 22.9 Å². The zero-order chi connectivity index (χ0) is 26.4. The Morgan fingerprint density at radius 2 is 1.65 bits per heavy atom. The Bertz CT molecular complexity index is 1570. The minimum Gasteiger partial charge on any atom is -0.457 e. The van der Waals surface area contributed by atoms with E-state index in [2.05, 4.69) is 25.3 Å². The summed E-state index contributed by atoms with van der Waals surface area (Å²) in [5, 5.41) is 3.12. The summed E-state index contributed by atoms with van der Waals surface area (Å²) in [6.07, 6.45) is -2.43. The van der Waals surface area contributed by atoms with E-state index < -0.39 is 17.8 Å². The molecule has 0 saturated carbocycles. The van der Waals surface area contributed by atoms with E-state index in [9.17, 15) is 22.0 Å². The number of alkyl halides is 5. The van der Waals surface area contributed by atoms with E-state index in [-0.39, 0.29) is 17.1 Å². The number of rotatable bonds is 6. The van der Waals surface area contributed by atoms with Crippen LogP contribution < -0.4 is 10.1 Å². The smallest absolute Gasteiger partial charge is 0.432 e. The number of imidazole rings is 2. The van der Waals surface area contributed by atoms with E-state index in [1.54, 1.807) is 48.0 Å². The van der Waals surface area contributed by atoms with E-state index in [1.165, 1.54) is 24.4 Å². The zero-order valence-electron chi connectivity index (χ0n) is 19.4. The fourth-order valence-electron chi connectivity index (χ4n) is 3.67. The highest BCUT2D eigenvalue weighted by molar-refractivity contribution is 5.81. The summed E-state index contributed by atoms with van der Waals surface area (Å²) in [5.41, 5.74) is 1.12. The van der Waals surface area contributed by atoms with Crippen LogP contribution in [0.5, 0.6) is 11.5 Å². The average molecular weight is 514 g/mol. The highest BCUT2D eigenvalue weighted by atomic mass is 19.4. The average Bonchev–Trinajstić information content (AvgIpc) is 3.45. The van der Waals surface area contributed by atoms with Crippen LogP contribution in [-0.2, 0) is 19.1 Å². The summed E-state index contributed by atoms with van der Waals surface area (Å²) < 4.78 is 73.2. The number of nitrogens with zero attached hydrogens (tertiary/aromatic N) is 4. The predicted octanol–water partition coefficient (Wildman–Crippen LogP) is 7.02. The molecule has 5 aromatic rings. The first kappa shape index (κ1) is 24.2. The van der Waals surface area contributed by atoms with Crippen molar-refractivity contribution in [2.75, 3.05) is 5.32 Å². The van der Waals surface area contributed by atoms with Crippen molar-refractivity contribution < 1.29 is 26.7 Å². The lowest BCUT2D eigenvalue weighted by atomic mass is 10.1. The third-order valence-electron chi connectivity index (χ3n) is 5.59. The van der Waals surface area contributed by atoms with E-state index in [4.69, 9.17) is 4.74 Å². The van der Waals surface area contributed by atoms with Gasteiger partial charge in [-0.1, -0.05) is 12.1 Å². The fraction of sp³-hybridized carbons (Fsp3) is 0.160. The highest BCUT2D eigenvalue weighted by Crippen LogP contribution is 2.32. The van der Waals surface area contributed by atoms with Crippen molar-refractivity contribution in [1.29, 1.82) is 0 Å². The fourth-order valence-corrected chi connectivity index (χ4v) is 3.67. The first-order valence-electron chi connectivity index (χ1n) is 11.0. The molecule has 37 heavy (non-hydrogen) atoms. The summed E-state index contributed by atoms with van der Waals surface area (Å²) in [6.45, 7) is 0.841. The molecule has 3 aromatic heterocycles. The molecule has 0 fully saturated rings. The molecule has 3 heterocycles. The molecular formula is C25H19F5N6O. The first-order chi connectivity index (χ1) is 17.5. The van der Waals surface area contributed by atoms with Crippen LogP contribution in [0.2, 0.25) is 0 Å². The van der Waals surface area contributed by atoms with Gasteiger partial charge in [-0.2, -0.15) is 13.2 Å². The summed E-state index contributed by atoms with van der Waals surface area (Å²) in [7, 11) is 1.81. The summed E-state index contributed by atoms with van der Waals surface area (Å²) in [4.78, 5) is 14.6. The second-order valence-corrected chi connectivity index (χ2v) is 8.36. The summed E-state index contributed by atoms with van der Waals surface area (Å²) >= 11 is 0. The quantitative estimate of drug-likeness (QED) is 0.238. The Labute approximate surface area is 207 Å².